The number of rotatable bonds is 3. The molecular weight excluding hydrogens is 429 g/mol. The minimum Gasteiger partial charge on any atom is -0.454 e. The van der Waals surface area contributed by atoms with Crippen molar-refractivity contribution in [1.29, 1.82) is 0 Å². The monoisotopic (exact) mass is 457 g/mol. The highest BCUT2D eigenvalue weighted by Gasteiger charge is 2.45. The van der Waals surface area contributed by atoms with Gasteiger partial charge in [0, 0.05) is 32.1 Å². The first kappa shape index (κ1) is 18.6. The Labute approximate surface area is 167 Å². The van der Waals surface area contributed by atoms with Gasteiger partial charge in [-0.1, -0.05) is 19.9 Å². The Morgan fingerprint density at radius 1 is 1.20 bits per heavy atom. The Morgan fingerprint density at radius 2 is 1.96 bits per heavy atom. The Bertz CT molecular complexity index is 671. The van der Waals surface area contributed by atoms with Gasteiger partial charge in [-0.25, -0.2) is 0 Å². The molecule has 1 saturated carbocycles. The van der Waals surface area contributed by atoms with E-state index in [1.54, 1.807) is 0 Å². The van der Waals surface area contributed by atoms with Crippen molar-refractivity contribution in [3.05, 3.63) is 23.8 Å². The average Bonchev–Trinajstić information content (AvgIpc) is 3.05. The summed E-state index contributed by atoms with van der Waals surface area (Å²) in [4.78, 5) is 6.89. The quantitative estimate of drug-likeness (QED) is 0.430. The molecule has 0 radical (unpaired) electrons. The van der Waals surface area contributed by atoms with Crippen molar-refractivity contribution in [2.75, 3.05) is 33.5 Å². The summed E-state index contributed by atoms with van der Waals surface area (Å²) in [6.07, 6.45) is 3.64. The number of hydrogen-bond donors (Lipinski definition) is 1. The lowest BCUT2D eigenvalue weighted by atomic mass is 9.93. The highest BCUT2D eigenvalue weighted by Crippen LogP contribution is 2.50. The zero-order valence-electron chi connectivity index (χ0n) is 15.3. The van der Waals surface area contributed by atoms with Crippen LogP contribution in [0.25, 0.3) is 0 Å². The summed E-state index contributed by atoms with van der Waals surface area (Å²) in [5.74, 6) is 2.77. The standard InChI is InChI=1S/C19H27N3O2.HI/c1-18(2)8-9-22(12-18)17(20-3)21-11-19(6-7-19)14-4-5-15-16(10-14)24-13-23-15;/h4-5,10H,6-9,11-13H2,1-3H3,(H,20,21);1H. The van der Waals surface area contributed by atoms with E-state index >= 15 is 0 Å². The van der Waals surface area contributed by atoms with Crippen LogP contribution in [0.3, 0.4) is 0 Å². The summed E-state index contributed by atoms with van der Waals surface area (Å²) in [6.45, 7) is 8.08. The Morgan fingerprint density at radius 3 is 2.60 bits per heavy atom. The number of ether oxygens (including phenoxy) is 2. The van der Waals surface area contributed by atoms with E-state index in [1.807, 2.05) is 13.1 Å². The largest absolute Gasteiger partial charge is 0.454 e. The average molecular weight is 457 g/mol. The molecule has 1 aromatic rings. The SMILES string of the molecule is CN=C(NCC1(c2ccc3c(c2)OCO3)CC1)N1CCC(C)(C)C1.I. The third-order valence-corrected chi connectivity index (χ3v) is 5.61. The molecule has 5 nitrogen and oxygen atoms in total. The maximum Gasteiger partial charge on any atom is 0.231 e. The van der Waals surface area contributed by atoms with Crippen LogP contribution >= 0.6 is 24.0 Å². The zero-order valence-corrected chi connectivity index (χ0v) is 17.6. The first-order chi connectivity index (χ1) is 11.5. The second-order valence-corrected chi connectivity index (χ2v) is 8.08. The molecular formula is C19H28IN3O2. The van der Waals surface area contributed by atoms with Gasteiger partial charge in [-0.2, -0.15) is 0 Å². The minimum absolute atomic E-state index is 0. The number of nitrogens with one attached hydrogen (secondary N) is 1. The smallest absolute Gasteiger partial charge is 0.231 e. The number of hydrogen-bond acceptors (Lipinski definition) is 3. The highest BCUT2D eigenvalue weighted by atomic mass is 127. The first-order valence-corrected chi connectivity index (χ1v) is 8.87. The summed E-state index contributed by atoms with van der Waals surface area (Å²) < 4.78 is 11.0. The van der Waals surface area contributed by atoms with E-state index in [0.717, 1.165) is 37.1 Å². The third-order valence-electron chi connectivity index (χ3n) is 5.61. The van der Waals surface area contributed by atoms with E-state index in [-0.39, 0.29) is 29.4 Å². The summed E-state index contributed by atoms with van der Waals surface area (Å²) >= 11 is 0. The number of halogens is 1. The molecule has 2 fully saturated rings. The molecule has 1 N–H and O–H groups in total. The Balaban J connectivity index is 0.00000182. The highest BCUT2D eigenvalue weighted by molar-refractivity contribution is 14.0. The van der Waals surface area contributed by atoms with Crippen molar-refractivity contribution in [2.45, 2.75) is 38.5 Å². The van der Waals surface area contributed by atoms with Crippen LogP contribution in [0, 0.1) is 5.41 Å². The van der Waals surface area contributed by atoms with Crippen molar-refractivity contribution >= 4 is 29.9 Å². The molecule has 25 heavy (non-hydrogen) atoms. The molecule has 2 heterocycles. The van der Waals surface area contributed by atoms with Gasteiger partial charge in [0.15, 0.2) is 17.5 Å². The molecule has 0 atom stereocenters. The number of guanidine groups is 1. The van der Waals surface area contributed by atoms with Gasteiger partial charge in [0.2, 0.25) is 6.79 Å². The number of aliphatic imine (C=N–C) groups is 1. The van der Waals surface area contributed by atoms with Crippen molar-refractivity contribution in [3.63, 3.8) is 0 Å². The number of nitrogens with zero attached hydrogens (tertiary/aromatic N) is 2. The van der Waals surface area contributed by atoms with Crippen LogP contribution in [0.15, 0.2) is 23.2 Å². The van der Waals surface area contributed by atoms with E-state index in [0.29, 0.717) is 12.2 Å². The number of likely N-dealkylation sites (tertiary alicyclic amines) is 1. The fourth-order valence-electron chi connectivity index (χ4n) is 3.82. The topological polar surface area (TPSA) is 46.1 Å². The van der Waals surface area contributed by atoms with Crippen molar-refractivity contribution < 1.29 is 9.47 Å². The van der Waals surface area contributed by atoms with Gasteiger partial charge in [0.1, 0.15) is 0 Å². The second kappa shape index (κ2) is 6.85. The van der Waals surface area contributed by atoms with Crippen LogP contribution in [0.5, 0.6) is 11.5 Å². The molecule has 1 saturated heterocycles. The van der Waals surface area contributed by atoms with Crippen LogP contribution < -0.4 is 14.8 Å². The summed E-state index contributed by atoms with van der Waals surface area (Å²) in [7, 11) is 1.88. The predicted octanol–water partition coefficient (Wildman–Crippen LogP) is 3.37. The van der Waals surface area contributed by atoms with Crippen LogP contribution in [0.1, 0.15) is 38.7 Å². The molecule has 0 bridgehead atoms. The third kappa shape index (κ3) is 3.68. The fraction of sp³-hybridized carbons (Fsp3) is 0.632. The zero-order chi connectivity index (χ0) is 16.8. The maximum atomic E-state index is 5.54. The lowest BCUT2D eigenvalue weighted by Gasteiger charge is -2.26. The van der Waals surface area contributed by atoms with Crippen LogP contribution in [0.2, 0.25) is 0 Å². The maximum absolute atomic E-state index is 5.54. The van der Waals surface area contributed by atoms with Crippen molar-refractivity contribution in [1.82, 2.24) is 10.2 Å². The van der Waals surface area contributed by atoms with Gasteiger partial charge in [-0.15, -0.1) is 24.0 Å². The van der Waals surface area contributed by atoms with Gasteiger partial charge in [-0.05, 0) is 42.4 Å². The fourth-order valence-corrected chi connectivity index (χ4v) is 3.82. The normalized spacial score (nSPS) is 22.5. The van der Waals surface area contributed by atoms with Crippen LogP contribution in [0.4, 0.5) is 0 Å². The number of fused-ring (bicyclic) bond motifs is 1. The van der Waals surface area contributed by atoms with Gasteiger partial charge in [0.05, 0.1) is 0 Å². The molecule has 4 rings (SSSR count). The molecule has 0 amide bonds. The lowest BCUT2D eigenvalue weighted by Crippen LogP contribution is -2.43. The second-order valence-electron chi connectivity index (χ2n) is 8.08. The van der Waals surface area contributed by atoms with E-state index in [9.17, 15) is 0 Å². The first-order valence-electron chi connectivity index (χ1n) is 8.87. The molecule has 2 aliphatic heterocycles. The predicted molar refractivity (Wildman–Crippen MR) is 110 cm³/mol. The van der Waals surface area contributed by atoms with Gasteiger partial charge in [0.25, 0.3) is 0 Å². The summed E-state index contributed by atoms with van der Waals surface area (Å²) in [5.41, 5.74) is 1.94. The van der Waals surface area contributed by atoms with Gasteiger partial charge < -0.3 is 19.7 Å². The Kier molecular flexibility index (Phi) is 5.10. The van der Waals surface area contributed by atoms with Crippen LogP contribution in [-0.4, -0.2) is 44.3 Å². The molecule has 6 heteroatoms. The minimum atomic E-state index is 0. The number of benzene rings is 1. The van der Waals surface area contributed by atoms with Gasteiger partial charge >= 0.3 is 0 Å². The summed E-state index contributed by atoms with van der Waals surface area (Å²) in [6, 6.07) is 6.37. The van der Waals surface area contributed by atoms with E-state index in [1.165, 1.54) is 24.8 Å². The molecule has 3 aliphatic rings. The molecule has 138 valence electrons. The van der Waals surface area contributed by atoms with Crippen molar-refractivity contribution in [3.8, 4) is 11.5 Å². The molecule has 0 aromatic heterocycles. The van der Waals surface area contributed by atoms with Crippen molar-refractivity contribution in [2.24, 2.45) is 10.4 Å². The van der Waals surface area contributed by atoms with Crippen LogP contribution in [-0.2, 0) is 5.41 Å². The van der Waals surface area contributed by atoms with E-state index < -0.39 is 0 Å². The molecule has 0 unspecified atom stereocenters. The van der Waals surface area contributed by atoms with Gasteiger partial charge in [-0.3, -0.25) is 4.99 Å². The molecule has 0 spiro atoms. The molecule has 1 aliphatic carbocycles. The lowest BCUT2D eigenvalue weighted by molar-refractivity contribution is 0.174. The molecule has 1 aromatic carbocycles. The van der Waals surface area contributed by atoms with E-state index in [4.69, 9.17) is 9.47 Å². The van der Waals surface area contributed by atoms with E-state index in [2.05, 4.69) is 41.2 Å². The Hall–Kier alpha value is -1.18. The summed E-state index contributed by atoms with van der Waals surface area (Å²) in [5, 5.41) is 3.62.